The van der Waals surface area contributed by atoms with Crippen molar-refractivity contribution in [1.82, 2.24) is 4.90 Å². The zero-order chi connectivity index (χ0) is 13.3. The van der Waals surface area contributed by atoms with Crippen molar-refractivity contribution in [2.24, 2.45) is 0 Å². The maximum atomic E-state index is 12.2. The molecule has 1 amide bonds. The van der Waals surface area contributed by atoms with Crippen molar-refractivity contribution in [1.29, 1.82) is 0 Å². The fourth-order valence-electron chi connectivity index (χ4n) is 2.50. The quantitative estimate of drug-likeness (QED) is 0.925. The largest absolute Gasteiger partial charge is 0.391 e. The lowest BCUT2D eigenvalue weighted by Crippen LogP contribution is -2.42. The van der Waals surface area contributed by atoms with Crippen LogP contribution in [0.15, 0.2) is 15.9 Å². The molecule has 5 heteroatoms. The van der Waals surface area contributed by atoms with E-state index in [4.69, 9.17) is 0 Å². The van der Waals surface area contributed by atoms with Crippen LogP contribution in [0.5, 0.6) is 0 Å². The average Bonchev–Trinajstić information content (AvgIpc) is 2.78. The second kappa shape index (κ2) is 5.31. The lowest BCUT2D eigenvalue weighted by Gasteiger charge is -2.31. The standard InChI is InChI=1S/C13H18BrNO2S/c1-13(2)7-9(16)8-15(13)12(17)6-4-10-3-5-11(14)18-10/h3,5,9,16H,4,6-8H2,1-2H3. The molecular formula is C13H18BrNO2S. The van der Waals surface area contributed by atoms with E-state index in [1.54, 1.807) is 11.3 Å². The van der Waals surface area contributed by atoms with E-state index in [-0.39, 0.29) is 17.6 Å². The molecule has 1 unspecified atom stereocenters. The van der Waals surface area contributed by atoms with Gasteiger partial charge in [-0.2, -0.15) is 0 Å². The minimum atomic E-state index is -0.375. The zero-order valence-corrected chi connectivity index (χ0v) is 13.1. The molecule has 1 atom stereocenters. The molecule has 0 spiro atoms. The molecule has 1 fully saturated rings. The number of aliphatic hydroxyl groups is 1. The Bertz CT molecular complexity index is 444. The summed E-state index contributed by atoms with van der Waals surface area (Å²) in [6.07, 6.45) is 1.59. The predicted molar refractivity (Wildman–Crippen MR) is 76.8 cm³/mol. The number of β-amino-alcohol motifs (C(OH)–C–C–N with tert-alkyl or cyclic N) is 1. The fourth-order valence-corrected chi connectivity index (χ4v) is 3.98. The Hall–Kier alpha value is -0.390. The molecule has 1 aromatic heterocycles. The third kappa shape index (κ3) is 3.13. The highest BCUT2D eigenvalue weighted by atomic mass is 79.9. The van der Waals surface area contributed by atoms with Gasteiger partial charge in [-0.05, 0) is 54.8 Å². The Balaban J connectivity index is 1.92. The van der Waals surface area contributed by atoms with Crippen molar-refractivity contribution in [3.8, 4) is 0 Å². The number of amides is 1. The van der Waals surface area contributed by atoms with Gasteiger partial charge in [-0.1, -0.05) is 0 Å². The van der Waals surface area contributed by atoms with Gasteiger partial charge in [0.15, 0.2) is 0 Å². The lowest BCUT2D eigenvalue weighted by molar-refractivity contribution is -0.134. The Morgan fingerprint density at radius 2 is 2.33 bits per heavy atom. The fraction of sp³-hybridized carbons (Fsp3) is 0.615. The molecule has 3 nitrogen and oxygen atoms in total. The van der Waals surface area contributed by atoms with Crippen LogP contribution in [0.25, 0.3) is 0 Å². The van der Waals surface area contributed by atoms with E-state index in [1.165, 1.54) is 4.88 Å². The van der Waals surface area contributed by atoms with Gasteiger partial charge < -0.3 is 10.0 Å². The maximum Gasteiger partial charge on any atom is 0.223 e. The molecule has 2 rings (SSSR count). The van der Waals surface area contributed by atoms with Crippen LogP contribution >= 0.6 is 27.3 Å². The van der Waals surface area contributed by atoms with Crippen molar-refractivity contribution in [3.63, 3.8) is 0 Å². The van der Waals surface area contributed by atoms with E-state index in [0.29, 0.717) is 19.4 Å². The highest BCUT2D eigenvalue weighted by Gasteiger charge is 2.39. The number of thiophene rings is 1. The first-order chi connectivity index (χ1) is 8.38. The SMILES string of the molecule is CC1(C)CC(O)CN1C(=O)CCc1ccc(Br)s1. The number of aliphatic hydroxyl groups excluding tert-OH is 1. The normalized spacial score (nSPS) is 22.4. The Labute approximate surface area is 120 Å². The van der Waals surface area contributed by atoms with E-state index >= 15 is 0 Å². The summed E-state index contributed by atoms with van der Waals surface area (Å²) < 4.78 is 1.10. The number of hydrogen-bond donors (Lipinski definition) is 1. The molecule has 2 heterocycles. The molecule has 1 aliphatic heterocycles. The third-order valence-electron chi connectivity index (χ3n) is 3.37. The van der Waals surface area contributed by atoms with Gasteiger partial charge in [0.25, 0.3) is 0 Å². The molecular weight excluding hydrogens is 314 g/mol. The molecule has 0 radical (unpaired) electrons. The molecule has 1 aliphatic rings. The van der Waals surface area contributed by atoms with Crippen molar-refractivity contribution in [2.45, 2.75) is 44.8 Å². The van der Waals surface area contributed by atoms with E-state index in [0.717, 1.165) is 10.2 Å². The molecule has 1 saturated heterocycles. The van der Waals surface area contributed by atoms with Crippen LogP contribution in [-0.2, 0) is 11.2 Å². The third-order valence-corrected chi connectivity index (χ3v) is 5.06. The highest BCUT2D eigenvalue weighted by Crippen LogP contribution is 2.30. The summed E-state index contributed by atoms with van der Waals surface area (Å²) in [6, 6.07) is 4.06. The Morgan fingerprint density at radius 1 is 1.61 bits per heavy atom. The minimum Gasteiger partial charge on any atom is -0.391 e. The summed E-state index contributed by atoms with van der Waals surface area (Å²) >= 11 is 5.09. The van der Waals surface area contributed by atoms with Crippen molar-refractivity contribution in [3.05, 3.63) is 20.8 Å². The van der Waals surface area contributed by atoms with E-state index < -0.39 is 0 Å². The maximum absolute atomic E-state index is 12.2. The highest BCUT2D eigenvalue weighted by molar-refractivity contribution is 9.11. The lowest BCUT2D eigenvalue weighted by atomic mass is 10.0. The van der Waals surface area contributed by atoms with Crippen LogP contribution in [0, 0.1) is 0 Å². The van der Waals surface area contributed by atoms with Gasteiger partial charge in [0.2, 0.25) is 5.91 Å². The predicted octanol–water partition coefficient (Wildman–Crippen LogP) is 2.82. The summed E-state index contributed by atoms with van der Waals surface area (Å²) in [7, 11) is 0. The second-order valence-electron chi connectivity index (χ2n) is 5.38. The van der Waals surface area contributed by atoms with Gasteiger partial charge in [-0.15, -0.1) is 11.3 Å². The van der Waals surface area contributed by atoms with Crippen LogP contribution in [-0.4, -0.2) is 34.1 Å². The molecule has 0 aromatic carbocycles. The Morgan fingerprint density at radius 3 is 2.83 bits per heavy atom. The summed E-state index contributed by atoms with van der Waals surface area (Å²) in [5.74, 6) is 0.140. The smallest absolute Gasteiger partial charge is 0.223 e. The van der Waals surface area contributed by atoms with Gasteiger partial charge in [0.1, 0.15) is 0 Å². The first-order valence-electron chi connectivity index (χ1n) is 6.11. The van der Waals surface area contributed by atoms with Gasteiger partial charge in [0.05, 0.1) is 9.89 Å². The first kappa shape index (κ1) is 14.0. The zero-order valence-electron chi connectivity index (χ0n) is 10.6. The van der Waals surface area contributed by atoms with Crippen molar-refractivity contribution in [2.75, 3.05) is 6.54 Å². The van der Waals surface area contributed by atoms with Crippen LogP contribution in [0.4, 0.5) is 0 Å². The van der Waals surface area contributed by atoms with E-state index in [1.807, 2.05) is 30.9 Å². The molecule has 18 heavy (non-hydrogen) atoms. The molecule has 0 aliphatic carbocycles. The van der Waals surface area contributed by atoms with Crippen LogP contribution in [0.1, 0.15) is 31.6 Å². The first-order valence-corrected chi connectivity index (χ1v) is 7.72. The number of likely N-dealkylation sites (tertiary alicyclic amines) is 1. The summed E-state index contributed by atoms with van der Waals surface area (Å²) in [5, 5.41) is 9.67. The number of carbonyl (C=O) groups excluding carboxylic acids is 1. The monoisotopic (exact) mass is 331 g/mol. The van der Waals surface area contributed by atoms with Gasteiger partial charge in [-0.25, -0.2) is 0 Å². The summed E-state index contributed by atoms with van der Waals surface area (Å²) in [4.78, 5) is 15.2. The topological polar surface area (TPSA) is 40.5 Å². The molecule has 0 bridgehead atoms. The number of nitrogens with zero attached hydrogens (tertiary/aromatic N) is 1. The number of aryl methyl sites for hydroxylation is 1. The second-order valence-corrected chi connectivity index (χ2v) is 7.93. The van der Waals surface area contributed by atoms with E-state index in [2.05, 4.69) is 15.9 Å². The molecule has 100 valence electrons. The molecule has 1 aromatic rings. The van der Waals surface area contributed by atoms with Gasteiger partial charge in [-0.3, -0.25) is 4.79 Å². The number of halogens is 1. The van der Waals surface area contributed by atoms with Gasteiger partial charge >= 0.3 is 0 Å². The average molecular weight is 332 g/mol. The van der Waals surface area contributed by atoms with Crippen LogP contribution in [0.3, 0.4) is 0 Å². The van der Waals surface area contributed by atoms with Crippen molar-refractivity contribution < 1.29 is 9.90 Å². The Kier molecular flexibility index (Phi) is 4.14. The minimum absolute atomic E-state index is 0.140. The summed E-state index contributed by atoms with van der Waals surface area (Å²) in [6.45, 7) is 4.51. The molecule has 1 N–H and O–H groups in total. The van der Waals surface area contributed by atoms with Crippen LogP contribution < -0.4 is 0 Å². The van der Waals surface area contributed by atoms with Gasteiger partial charge in [0, 0.05) is 23.4 Å². The number of carbonyl (C=O) groups is 1. The summed E-state index contributed by atoms with van der Waals surface area (Å²) in [5.41, 5.74) is -0.216. The van der Waals surface area contributed by atoms with E-state index in [9.17, 15) is 9.90 Å². The van der Waals surface area contributed by atoms with Crippen molar-refractivity contribution >= 4 is 33.2 Å². The number of hydrogen-bond acceptors (Lipinski definition) is 3. The van der Waals surface area contributed by atoms with Crippen LogP contribution in [0.2, 0.25) is 0 Å². The number of rotatable bonds is 3. The molecule has 0 saturated carbocycles.